The molecule has 0 saturated carbocycles. The van der Waals surface area contributed by atoms with Crippen molar-refractivity contribution in [2.45, 2.75) is 6.42 Å². The molecule has 32 heavy (non-hydrogen) atoms. The van der Waals surface area contributed by atoms with Gasteiger partial charge < -0.3 is 20.4 Å². The second-order valence-electron chi connectivity index (χ2n) is 6.13. The molecule has 8 nitrogen and oxygen atoms in total. The monoisotopic (exact) mass is 451 g/mol. The Bertz CT molecular complexity index is 1020. The number of hydroxylamine groups is 1. The molecule has 0 fully saturated rings. The summed E-state index contributed by atoms with van der Waals surface area (Å²) in [6.07, 6.45) is 6.23. The number of carbonyl (C=O) groups excluding carboxylic acids is 1. The lowest BCUT2D eigenvalue weighted by molar-refractivity contribution is 0.0262. The Hall–Kier alpha value is -3.59. The van der Waals surface area contributed by atoms with Crippen molar-refractivity contribution in [2.75, 3.05) is 31.7 Å². The van der Waals surface area contributed by atoms with Crippen LogP contribution in [0.3, 0.4) is 0 Å². The summed E-state index contributed by atoms with van der Waals surface area (Å²) in [7, 11) is 0. The quantitative estimate of drug-likeness (QED) is 0.180. The molecule has 0 aliphatic carbocycles. The first kappa shape index (κ1) is 24.7. The maximum Gasteiger partial charge on any atom is 0.277 e. The molecule has 11 heteroatoms. The van der Waals surface area contributed by atoms with Crippen LogP contribution in [0.15, 0.2) is 29.4 Å². The van der Waals surface area contributed by atoms with E-state index in [9.17, 15) is 18.0 Å². The van der Waals surface area contributed by atoms with Gasteiger partial charge in [-0.1, -0.05) is 11.1 Å². The van der Waals surface area contributed by atoms with Crippen LogP contribution in [0.25, 0.3) is 0 Å². The third-order valence-corrected chi connectivity index (χ3v) is 3.89. The van der Waals surface area contributed by atoms with E-state index in [0.717, 1.165) is 18.3 Å². The molecule has 1 amide bonds. The SMILES string of the molecule is C#Cc1ccc(Nc2c(C(=O)NOCCCO)cc(C=NOCCO)c(F)c2F)c(F)c1. The molecule has 170 valence electrons. The molecule has 4 N–H and O–H groups in total. The molecular formula is C21H20F3N3O5. The summed E-state index contributed by atoms with van der Waals surface area (Å²) in [5, 5.41) is 23.2. The number of aliphatic hydroxyl groups excluding tert-OH is 2. The summed E-state index contributed by atoms with van der Waals surface area (Å²) >= 11 is 0. The Kier molecular flexibility index (Phi) is 9.49. The van der Waals surface area contributed by atoms with Crippen LogP contribution in [0.1, 0.15) is 27.9 Å². The molecule has 2 aromatic rings. The van der Waals surface area contributed by atoms with Crippen LogP contribution in [-0.4, -0.2) is 48.8 Å². The molecule has 0 bridgehead atoms. The standard InChI is InChI=1S/C21H20F3N3O5/c1-2-13-4-5-17(16(22)10-13)26-20-15(21(30)27-32-8-3-6-28)11-14(18(23)19(20)24)12-25-31-9-7-29/h1,4-5,10-12,26,28-29H,3,6-9H2,(H,27,30). The van der Waals surface area contributed by atoms with Crippen molar-refractivity contribution >= 4 is 23.5 Å². The van der Waals surface area contributed by atoms with Gasteiger partial charge in [0.15, 0.2) is 11.6 Å². The van der Waals surface area contributed by atoms with Crippen molar-refractivity contribution in [3.8, 4) is 12.3 Å². The van der Waals surface area contributed by atoms with E-state index in [0.29, 0.717) is 0 Å². The predicted molar refractivity (Wildman–Crippen MR) is 110 cm³/mol. The molecule has 0 aromatic heterocycles. The van der Waals surface area contributed by atoms with E-state index in [4.69, 9.17) is 21.5 Å². The molecule has 0 radical (unpaired) electrons. The van der Waals surface area contributed by atoms with Gasteiger partial charge in [0.1, 0.15) is 12.4 Å². The largest absolute Gasteiger partial charge is 0.396 e. The number of oxime groups is 1. The Labute approximate surface area is 181 Å². The molecule has 2 aromatic carbocycles. The zero-order chi connectivity index (χ0) is 23.5. The smallest absolute Gasteiger partial charge is 0.277 e. The van der Waals surface area contributed by atoms with Crippen LogP contribution in [0, 0.1) is 29.8 Å². The Morgan fingerprint density at radius 3 is 2.59 bits per heavy atom. The lowest BCUT2D eigenvalue weighted by atomic mass is 10.1. The highest BCUT2D eigenvalue weighted by Gasteiger charge is 2.23. The Morgan fingerprint density at radius 2 is 1.94 bits per heavy atom. The molecule has 0 heterocycles. The summed E-state index contributed by atoms with van der Waals surface area (Å²) < 4.78 is 43.8. The maximum absolute atomic E-state index is 14.9. The van der Waals surface area contributed by atoms with Gasteiger partial charge in [-0.2, -0.15) is 0 Å². The van der Waals surface area contributed by atoms with E-state index in [-0.39, 0.29) is 44.1 Å². The van der Waals surface area contributed by atoms with Crippen molar-refractivity contribution in [3.63, 3.8) is 0 Å². The van der Waals surface area contributed by atoms with Crippen LogP contribution in [0.5, 0.6) is 0 Å². The number of halogens is 3. The molecule has 0 aliphatic heterocycles. The van der Waals surface area contributed by atoms with Gasteiger partial charge in [-0.3, -0.25) is 9.63 Å². The van der Waals surface area contributed by atoms with Crippen molar-refractivity contribution in [2.24, 2.45) is 5.16 Å². The first-order valence-electron chi connectivity index (χ1n) is 9.27. The first-order chi connectivity index (χ1) is 15.4. The van der Waals surface area contributed by atoms with E-state index in [1.54, 1.807) is 0 Å². The third-order valence-electron chi connectivity index (χ3n) is 3.89. The summed E-state index contributed by atoms with van der Waals surface area (Å²) in [5.74, 6) is -2.47. The van der Waals surface area contributed by atoms with Crippen LogP contribution in [-0.2, 0) is 9.68 Å². The number of hydrogen-bond acceptors (Lipinski definition) is 7. The van der Waals surface area contributed by atoms with Crippen LogP contribution in [0.2, 0.25) is 0 Å². The van der Waals surface area contributed by atoms with E-state index in [1.807, 2.05) is 5.48 Å². The fourth-order valence-electron chi connectivity index (χ4n) is 2.38. The van der Waals surface area contributed by atoms with E-state index in [2.05, 4.69) is 21.2 Å². The molecular weight excluding hydrogens is 431 g/mol. The van der Waals surface area contributed by atoms with Gasteiger partial charge in [0, 0.05) is 17.7 Å². The molecule has 0 aliphatic rings. The second-order valence-corrected chi connectivity index (χ2v) is 6.13. The van der Waals surface area contributed by atoms with Crippen molar-refractivity contribution in [3.05, 3.63) is 58.4 Å². The zero-order valence-electron chi connectivity index (χ0n) is 16.7. The first-order valence-corrected chi connectivity index (χ1v) is 9.27. The number of hydrogen-bond donors (Lipinski definition) is 4. The number of rotatable bonds is 11. The van der Waals surface area contributed by atoms with Crippen molar-refractivity contribution in [1.29, 1.82) is 0 Å². The number of nitrogens with one attached hydrogen (secondary N) is 2. The minimum atomic E-state index is -1.49. The number of terminal acetylenes is 1. The second kappa shape index (κ2) is 12.3. The van der Waals surface area contributed by atoms with Gasteiger partial charge >= 0.3 is 0 Å². The number of nitrogens with zero attached hydrogens (tertiary/aromatic N) is 1. The highest BCUT2D eigenvalue weighted by atomic mass is 19.2. The molecule has 0 spiro atoms. The van der Waals surface area contributed by atoms with Gasteiger partial charge in [0.2, 0.25) is 0 Å². The fraction of sp³-hybridized carbons (Fsp3) is 0.238. The summed E-state index contributed by atoms with van der Waals surface area (Å²) in [6, 6.07) is 4.54. The minimum absolute atomic E-state index is 0.0415. The highest BCUT2D eigenvalue weighted by Crippen LogP contribution is 2.30. The van der Waals surface area contributed by atoms with Gasteiger partial charge in [-0.25, -0.2) is 18.7 Å². The topological polar surface area (TPSA) is 112 Å². The molecule has 0 unspecified atom stereocenters. The molecule has 2 rings (SSSR count). The number of aliphatic hydroxyl groups is 2. The number of carbonyl (C=O) groups is 1. The van der Waals surface area contributed by atoms with Crippen molar-refractivity contribution in [1.82, 2.24) is 5.48 Å². The Morgan fingerprint density at radius 1 is 1.16 bits per heavy atom. The average Bonchev–Trinajstić information content (AvgIpc) is 2.79. The van der Waals surface area contributed by atoms with Crippen LogP contribution in [0.4, 0.5) is 24.5 Å². The molecule has 0 saturated heterocycles. The van der Waals surface area contributed by atoms with E-state index >= 15 is 0 Å². The summed E-state index contributed by atoms with van der Waals surface area (Å²) in [4.78, 5) is 22.1. The predicted octanol–water partition coefficient (Wildman–Crippen LogP) is 2.22. The Balaban J connectivity index is 2.45. The van der Waals surface area contributed by atoms with Gasteiger partial charge in [0.25, 0.3) is 5.91 Å². The van der Waals surface area contributed by atoms with Crippen molar-refractivity contribution < 1.29 is 37.9 Å². The normalized spacial score (nSPS) is 10.8. The lowest BCUT2D eigenvalue weighted by Crippen LogP contribution is -2.26. The number of amides is 1. The van der Waals surface area contributed by atoms with Gasteiger partial charge in [-0.05, 0) is 30.7 Å². The summed E-state index contributed by atoms with van der Waals surface area (Å²) in [5.41, 5.74) is 0.459. The van der Waals surface area contributed by atoms with Crippen LogP contribution < -0.4 is 10.8 Å². The van der Waals surface area contributed by atoms with E-state index < -0.39 is 40.2 Å². The highest BCUT2D eigenvalue weighted by molar-refractivity contribution is 6.01. The lowest BCUT2D eigenvalue weighted by Gasteiger charge is -2.16. The average molecular weight is 451 g/mol. The third kappa shape index (κ3) is 6.45. The summed E-state index contributed by atoms with van der Waals surface area (Å²) in [6.45, 7) is -0.755. The zero-order valence-corrected chi connectivity index (χ0v) is 16.7. The number of anilines is 2. The molecule has 0 atom stereocenters. The van der Waals surface area contributed by atoms with Gasteiger partial charge in [-0.15, -0.1) is 6.42 Å². The maximum atomic E-state index is 14.9. The fourth-order valence-corrected chi connectivity index (χ4v) is 2.38. The van der Waals surface area contributed by atoms with Gasteiger partial charge in [0.05, 0.1) is 36.4 Å². The van der Waals surface area contributed by atoms with E-state index in [1.165, 1.54) is 12.1 Å². The van der Waals surface area contributed by atoms with Crippen LogP contribution >= 0.6 is 0 Å². The minimum Gasteiger partial charge on any atom is -0.396 e. The number of benzene rings is 2.